The van der Waals surface area contributed by atoms with Crippen molar-refractivity contribution in [3.05, 3.63) is 3.95 Å². The topological polar surface area (TPSA) is 31.9 Å². The quantitative estimate of drug-likeness (QED) is 0.747. The van der Waals surface area contributed by atoms with Gasteiger partial charge in [0.05, 0.1) is 0 Å². The zero-order valence-electron chi connectivity index (χ0n) is 8.28. The van der Waals surface area contributed by atoms with Crippen LogP contribution in [-0.2, 0) is 0 Å². The van der Waals surface area contributed by atoms with Gasteiger partial charge in [0, 0.05) is 13.1 Å². The molecule has 1 aromatic rings. The Morgan fingerprint density at radius 3 is 2.64 bits per heavy atom. The first kappa shape index (κ1) is 8.85. The van der Waals surface area contributed by atoms with Crippen molar-refractivity contribution in [2.24, 2.45) is 17.3 Å². The van der Waals surface area contributed by atoms with Crippen LogP contribution in [0, 0.1) is 21.2 Å². The fourth-order valence-electron chi connectivity index (χ4n) is 2.65. The molecule has 0 aromatic carbocycles. The summed E-state index contributed by atoms with van der Waals surface area (Å²) in [5.74, 6) is 1.75. The molecule has 5 heteroatoms. The van der Waals surface area contributed by atoms with Crippen molar-refractivity contribution >= 4 is 28.7 Å². The van der Waals surface area contributed by atoms with Crippen LogP contribution >= 0.6 is 23.6 Å². The molecular weight excluding hydrogens is 214 g/mol. The summed E-state index contributed by atoms with van der Waals surface area (Å²) in [6.07, 6.45) is 0. The van der Waals surface area contributed by atoms with Gasteiger partial charge in [-0.05, 0) is 29.5 Å². The minimum atomic E-state index is 0.578. The predicted octanol–water partition coefficient (Wildman–Crippen LogP) is 2.29. The first-order chi connectivity index (χ1) is 6.59. The van der Waals surface area contributed by atoms with Crippen molar-refractivity contribution in [1.29, 1.82) is 0 Å². The minimum absolute atomic E-state index is 0.578. The molecule has 2 heterocycles. The SMILES string of the molecule is CC1(C)C2CN(c3n[nH]c(=S)s3)CC21. The highest BCUT2D eigenvalue weighted by Crippen LogP contribution is 2.62. The Balaban J connectivity index is 1.78. The van der Waals surface area contributed by atoms with Crippen LogP contribution in [0.25, 0.3) is 0 Å². The van der Waals surface area contributed by atoms with Crippen molar-refractivity contribution in [3.8, 4) is 0 Å². The number of aromatic amines is 1. The van der Waals surface area contributed by atoms with Crippen molar-refractivity contribution in [1.82, 2.24) is 10.2 Å². The van der Waals surface area contributed by atoms with Gasteiger partial charge in [-0.3, -0.25) is 5.10 Å². The van der Waals surface area contributed by atoms with Crippen LogP contribution in [0.4, 0.5) is 5.13 Å². The minimum Gasteiger partial charge on any atom is -0.346 e. The number of nitrogens with zero attached hydrogens (tertiary/aromatic N) is 2. The lowest BCUT2D eigenvalue weighted by Gasteiger charge is -2.20. The van der Waals surface area contributed by atoms with Crippen LogP contribution in [0.3, 0.4) is 0 Å². The summed E-state index contributed by atoms with van der Waals surface area (Å²) in [6.45, 7) is 7.06. The number of H-pyrrole nitrogens is 1. The maximum absolute atomic E-state index is 5.03. The Hall–Kier alpha value is -0.420. The van der Waals surface area contributed by atoms with Gasteiger partial charge in [-0.2, -0.15) is 0 Å². The van der Waals surface area contributed by atoms with Gasteiger partial charge >= 0.3 is 0 Å². The number of hydrogen-bond donors (Lipinski definition) is 1. The zero-order valence-corrected chi connectivity index (χ0v) is 9.91. The zero-order chi connectivity index (χ0) is 9.92. The van der Waals surface area contributed by atoms with Crippen LogP contribution < -0.4 is 4.90 Å². The summed E-state index contributed by atoms with van der Waals surface area (Å²) < 4.78 is 0.778. The van der Waals surface area contributed by atoms with E-state index in [-0.39, 0.29) is 0 Å². The van der Waals surface area contributed by atoms with Gasteiger partial charge in [-0.15, -0.1) is 5.10 Å². The Bertz CT molecular complexity index is 406. The summed E-state index contributed by atoms with van der Waals surface area (Å²) in [5.41, 5.74) is 0.578. The van der Waals surface area contributed by atoms with E-state index in [2.05, 4.69) is 28.9 Å². The molecule has 1 aromatic heterocycles. The van der Waals surface area contributed by atoms with Gasteiger partial charge in [0.15, 0.2) is 3.95 Å². The van der Waals surface area contributed by atoms with Crippen LogP contribution in [0.5, 0.6) is 0 Å². The average Bonchev–Trinajstić information content (AvgIpc) is 2.62. The molecule has 2 aliphatic rings. The second-order valence-corrected chi connectivity index (χ2v) is 6.48. The van der Waals surface area contributed by atoms with Crippen molar-refractivity contribution in [3.63, 3.8) is 0 Å². The number of piperidine rings is 1. The second kappa shape index (κ2) is 2.58. The van der Waals surface area contributed by atoms with Gasteiger partial charge in [0.25, 0.3) is 0 Å². The van der Waals surface area contributed by atoms with E-state index in [0.29, 0.717) is 5.41 Å². The third kappa shape index (κ3) is 1.08. The van der Waals surface area contributed by atoms with E-state index in [1.54, 1.807) is 11.3 Å². The van der Waals surface area contributed by atoms with Gasteiger partial charge in [-0.1, -0.05) is 25.2 Å². The van der Waals surface area contributed by atoms with E-state index in [0.717, 1.165) is 34.0 Å². The Morgan fingerprint density at radius 1 is 1.50 bits per heavy atom. The second-order valence-electron chi connectivity index (χ2n) is 4.84. The van der Waals surface area contributed by atoms with Gasteiger partial charge in [-0.25, -0.2) is 0 Å². The normalized spacial score (nSPS) is 33.1. The van der Waals surface area contributed by atoms with Crippen molar-refractivity contribution in [2.75, 3.05) is 18.0 Å². The van der Waals surface area contributed by atoms with E-state index < -0.39 is 0 Å². The summed E-state index contributed by atoms with van der Waals surface area (Å²) in [5, 5.41) is 8.12. The largest absolute Gasteiger partial charge is 0.346 e. The molecule has 14 heavy (non-hydrogen) atoms. The van der Waals surface area contributed by atoms with E-state index in [9.17, 15) is 0 Å². The molecule has 0 radical (unpaired) electrons. The lowest BCUT2D eigenvalue weighted by Crippen LogP contribution is -2.25. The third-order valence-electron chi connectivity index (χ3n) is 3.82. The number of rotatable bonds is 1. The van der Waals surface area contributed by atoms with Crippen LogP contribution in [0.2, 0.25) is 0 Å². The summed E-state index contributed by atoms with van der Waals surface area (Å²) in [4.78, 5) is 2.36. The molecule has 2 atom stereocenters. The molecule has 1 aliphatic carbocycles. The van der Waals surface area contributed by atoms with Crippen molar-refractivity contribution < 1.29 is 0 Å². The summed E-state index contributed by atoms with van der Waals surface area (Å²) in [6, 6.07) is 0. The molecule has 0 bridgehead atoms. The van der Waals surface area contributed by atoms with E-state index in [1.165, 1.54) is 0 Å². The Labute approximate surface area is 92.1 Å². The highest BCUT2D eigenvalue weighted by Gasteiger charge is 2.62. The maximum Gasteiger partial charge on any atom is 0.206 e. The molecular formula is C9H13N3S2. The van der Waals surface area contributed by atoms with E-state index in [1.807, 2.05) is 0 Å². The van der Waals surface area contributed by atoms with Gasteiger partial charge < -0.3 is 4.90 Å². The Morgan fingerprint density at radius 2 is 2.14 bits per heavy atom. The first-order valence-electron chi connectivity index (χ1n) is 4.89. The number of hydrogen-bond acceptors (Lipinski definition) is 4. The standard InChI is InChI=1S/C9H13N3S2/c1-9(2)5-3-12(4-6(5)9)7-10-11-8(13)14-7/h5-6H,3-4H2,1-2H3,(H,11,13). The molecule has 1 saturated carbocycles. The molecule has 0 amide bonds. The highest BCUT2D eigenvalue weighted by atomic mass is 32.1. The number of anilines is 1. The molecule has 3 rings (SSSR count). The molecule has 76 valence electrons. The van der Waals surface area contributed by atoms with Gasteiger partial charge in [0.1, 0.15) is 0 Å². The first-order valence-corrected chi connectivity index (χ1v) is 6.12. The van der Waals surface area contributed by atoms with Crippen molar-refractivity contribution in [2.45, 2.75) is 13.8 Å². The van der Waals surface area contributed by atoms with Crippen LogP contribution in [0.15, 0.2) is 0 Å². The summed E-state index contributed by atoms with van der Waals surface area (Å²) >= 11 is 6.61. The smallest absolute Gasteiger partial charge is 0.206 e. The van der Waals surface area contributed by atoms with Gasteiger partial charge in [0.2, 0.25) is 5.13 Å². The maximum atomic E-state index is 5.03. The molecule has 1 aliphatic heterocycles. The highest BCUT2D eigenvalue weighted by molar-refractivity contribution is 7.73. The number of fused-ring (bicyclic) bond motifs is 1. The van der Waals surface area contributed by atoms with Crippen LogP contribution in [-0.4, -0.2) is 23.3 Å². The molecule has 1 N–H and O–H groups in total. The molecule has 2 unspecified atom stereocenters. The monoisotopic (exact) mass is 227 g/mol. The van der Waals surface area contributed by atoms with E-state index in [4.69, 9.17) is 12.2 Å². The summed E-state index contributed by atoms with van der Waals surface area (Å²) in [7, 11) is 0. The molecule has 1 saturated heterocycles. The average molecular weight is 227 g/mol. The van der Waals surface area contributed by atoms with Crippen LogP contribution in [0.1, 0.15) is 13.8 Å². The molecule has 3 nitrogen and oxygen atoms in total. The molecule has 2 fully saturated rings. The fourth-order valence-corrected chi connectivity index (χ4v) is 3.54. The number of aromatic nitrogens is 2. The Kier molecular flexibility index (Phi) is 1.63. The third-order valence-corrected chi connectivity index (χ3v) is 4.97. The predicted molar refractivity (Wildman–Crippen MR) is 60.3 cm³/mol. The van der Waals surface area contributed by atoms with E-state index >= 15 is 0 Å². The number of nitrogens with one attached hydrogen (secondary N) is 1. The fraction of sp³-hybridized carbons (Fsp3) is 0.778. The lowest BCUT2D eigenvalue weighted by atomic mass is 10.1. The lowest BCUT2D eigenvalue weighted by molar-refractivity contribution is 0.499. The molecule has 0 spiro atoms.